The van der Waals surface area contributed by atoms with Gasteiger partial charge in [-0.25, -0.2) is 0 Å². The fourth-order valence-corrected chi connectivity index (χ4v) is 2.11. The van der Waals surface area contributed by atoms with Crippen LogP contribution in [0.15, 0.2) is 36.5 Å². The lowest BCUT2D eigenvalue weighted by Crippen LogP contribution is -2.15. The molecular weight excluding hydrogens is 220 g/mol. The van der Waals surface area contributed by atoms with E-state index in [-0.39, 0.29) is 0 Å². The van der Waals surface area contributed by atoms with Crippen LogP contribution in [0.1, 0.15) is 33.6 Å². The van der Waals surface area contributed by atoms with Gasteiger partial charge in [0, 0.05) is 23.3 Å². The lowest BCUT2D eigenvalue weighted by molar-refractivity contribution is 0.528. The summed E-state index contributed by atoms with van der Waals surface area (Å²) in [5.41, 5.74) is 2.24. The van der Waals surface area contributed by atoms with Crippen LogP contribution in [0.25, 0.3) is 10.9 Å². The number of pyridine rings is 1. The van der Waals surface area contributed by atoms with Crippen molar-refractivity contribution in [2.24, 2.45) is 5.92 Å². The number of rotatable bonds is 5. The minimum Gasteiger partial charge on any atom is -0.383 e. The largest absolute Gasteiger partial charge is 0.383 e. The Labute approximate surface area is 109 Å². The van der Waals surface area contributed by atoms with Crippen molar-refractivity contribution in [2.45, 2.75) is 39.7 Å². The molecule has 2 aromatic rings. The smallest absolute Gasteiger partial charge is 0.0703 e. The van der Waals surface area contributed by atoms with Gasteiger partial charge in [0.05, 0.1) is 5.52 Å². The highest BCUT2D eigenvalue weighted by Gasteiger charge is 2.04. The third-order valence-corrected chi connectivity index (χ3v) is 3.19. The second-order valence-electron chi connectivity index (χ2n) is 5.43. The van der Waals surface area contributed by atoms with E-state index in [4.69, 9.17) is 0 Å². The number of anilines is 1. The molecule has 0 bridgehead atoms. The van der Waals surface area contributed by atoms with Gasteiger partial charge in [0.2, 0.25) is 0 Å². The van der Waals surface area contributed by atoms with Crippen molar-refractivity contribution in [2.75, 3.05) is 5.32 Å². The van der Waals surface area contributed by atoms with Crippen LogP contribution in [-0.4, -0.2) is 11.0 Å². The molecule has 2 nitrogen and oxygen atoms in total. The summed E-state index contributed by atoms with van der Waals surface area (Å²) in [5, 5.41) is 4.75. The molecule has 0 aliphatic rings. The minimum absolute atomic E-state index is 0.515. The lowest BCUT2D eigenvalue weighted by Gasteiger charge is -2.16. The summed E-state index contributed by atoms with van der Waals surface area (Å²) < 4.78 is 0. The summed E-state index contributed by atoms with van der Waals surface area (Å²) in [6.45, 7) is 6.79. The van der Waals surface area contributed by atoms with E-state index in [0.29, 0.717) is 6.04 Å². The van der Waals surface area contributed by atoms with Crippen molar-refractivity contribution < 1.29 is 0 Å². The monoisotopic (exact) mass is 242 g/mol. The minimum atomic E-state index is 0.515. The Kier molecular flexibility index (Phi) is 4.19. The molecule has 0 aliphatic carbocycles. The average Bonchev–Trinajstić information content (AvgIpc) is 2.36. The van der Waals surface area contributed by atoms with Crippen molar-refractivity contribution in [1.82, 2.24) is 4.98 Å². The molecule has 1 atom stereocenters. The molecule has 0 spiro atoms. The standard InChI is InChI=1S/C16H22N2/c1-12(2)6-7-13(3)18-15-8-9-16-14(11-15)5-4-10-17-16/h4-5,8-13,18H,6-7H2,1-3H3. The van der Waals surface area contributed by atoms with Crippen molar-refractivity contribution in [3.05, 3.63) is 36.5 Å². The number of hydrogen-bond acceptors (Lipinski definition) is 2. The van der Waals surface area contributed by atoms with Crippen molar-refractivity contribution in [1.29, 1.82) is 0 Å². The molecule has 0 radical (unpaired) electrons. The summed E-state index contributed by atoms with van der Waals surface area (Å²) in [4.78, 5) is 4.33. The molecule has 1 heterocycles. The number of benzene rings is 1. The van der Waals surface area contributed by atoms with E-state index in [0.717, 1.165) is 11.4 Å². The molecule has 18 heavy (non-hydrogen) atoms. The molecule has 1 unspecified atom stereocenters. The third kappa shape index (κ3) is 3.46. The predicted molar refractivity (Wildman–Crippen MR) is 78.9 cm³/mol. The molecule has 96 valence electrons. The number of aromatic nitrogens is 1. The second kappa shape index (κ2) is 5.85. The van der Waals surface area contributed by atoms with Crippen molar-refractivity contribution >= 4 is 16.6 Å². The third-order valence-electron chi connectivity index (χ3n) is 3.19. The van der Waals surface area contributed by atoms with Gasteiger partial charge in [0.25, 0.3) is 0 Å². The highest BCUT2D eigenvalue weighted by atomic mass is 14.9. The Balaban J connectivity index is 2.03. The highest BCUT2D eigenvalue weighted by Crippen LogP contribution is 2.19. The summed E-state index contributed by atoms with van der Waals surface area (Å²) in [7, 11) is 0. The first-order chi connectivity index (χ1) is 8.65. The van der Waals surface area contributed by atoms with Crippen LogP contribution in [-0.2, 0) is 0 Å². The Morgan fingerprint density at radius 1 is 1.11 bits per heavy atom. The maximum Gasteiger partial charge on any atom is 0.0703 e. The van der Waals surface area contributed by atoms with Crippen LogP contribution in [0.3, 0.4) is 0 Å². The highest BCUT2D eigenvalue weighted by molar-refractivity contribution is 5.82. The second-order valence-corrected chi connectivity index (χ2v) is 5.43. The van der Waals surface area contributed by atoms with E-state index < -0.39 is 0 Å². The molecule has 2 rings (SSSR count). The normalized spacial score (nSPS) is 12.9. The first kappa shape index (κ1) is 12.9. The van der Waals surface area contributed by atoms with Gasteiger partial charge in [-0.2, -0.15) is 0 Å². The Hall–Kier alpha value is -1.57. The van der Waals surface area contributed by atoms with E-state index in [9.17, 15) is 0 Å². The van der Waals surface area contributed by atoms with E-state index in [2.05, 4.69) is 55.3 Å². The first-order valence-corrected chi connectivity index (χ1v) is 6.76. The van der Waals surface area contributed by atoms with Gasteiger partial charge in [-0.1, -0.05) is 19.9 Å². The van der Waals surface area contributed by atoms with E-state index in [1.807, 2.05) is 12.3 Å². The maximum absolute atomic E-state index is 4.33. The zero-order chi connectivity index (χ0) is 13.0. The fraction of sp³-hybridized carbons (Fsp3) is 0.438. The van der Waals surface area contributed by atoms with Crippen LogP contribution in [0, 0.1) is 5.92 Å². The average molecular weight is 242 g/mol. The Bertz CT molecular complexity index is 505. The SMILES string of the molecule is CC(C)CCC(C)Nc1ccc2ncccc2c1. The van der Waals surface area contributed by atoms with Gasteiger partial charge in [0.15, 0.2) is 0 Å². The number of fused-ring (bicyclic) bond motifs is 1. The quantitative estimate of drug-likeness (QED) is 0.836. The molecule has 0 saturated heterocycles. The molecule has 0 aliphatic heterocycles. The van der Waals surface area contributed by atoms with Crippen molar-refractivity contribution in [3.8, 4) is 0 Å². The lowest BCUT2D eigenvalue weighted by atomic mass is 10.0. The van der Waals surface area contributed by atoms with Crippen molar-refractivity contribution in [3.63, 3.8) is 0 Å². The molecule has 0 amide bonds. The molecule has 0 fully saturated rings. The zero-order valence-corrected chi connectivity index (χ0v) is 11.5. The van der Waals surface area contributed by atoms with Crippen LogP contribution >= 0.6 is 0 Å². The summed E-state index contributed by atoms with van der Waals surface area (Å²) in [5.74, 6) is 0.773. The molecule has 1 aromatic carbocycles. The van der Waals surface area contributed by atoms with Gasteiger partial charge in [-0.3, -0.25) is 4.98 Å². The fourth-order valence-electron chi connectivity index (χ4n) is 2.11. The van der Waals surface area contributed by atoms with E-state index in [1.165, 1.54) is 23.9 Å². The molecule has 1 aromatic heterocycles. The Morgan fingerprint density at radius 3 is 2.72 bits per heavy atom. The summed E-state index contributed by atoms with van der Waals surface area (Å²) >= 11 is 0. The van der Waals surface area contributed by atoms with Crippen LogP contribution < -0.4 is 5.32 Å². The zero-order valence-electron chi connectivity index (χ0n) is 11.5. The van der Waals surface area contributed by atoms with Crippen LogP contribution in [0.4, 0.5) is 5.69 Å². The molecule has 1 N–H and O–H groups in total. The number of hydrogen-bond donors (Lipinski definition) is 1. The molecule has 2 heteroatoms. The number of nitrogens with zero attached hydrogens (tertiary/aromatic N) is 1. The topological polar surface area (TPSA) is 24.9 Å². The number of nitrogens with one attached hydrogen (secondary N) is 1. The van der Waals surface area contributed by atoms with Gasteiger partial charge in [0.1, 0.15) is 0 Å². The van der Waals surface area contributed by atoms with Crippen LogP contribution in [0.5, 0.6) is 0 Å². The summed E-state index contributed by atoms with van der Waals surface area (Å²) in [6.07, 6.45) is 4.31. The van der Waals surface area contributed by atoms with Gasteiger partial charge in [-0.15, -0.1) is 0 Å². The molecular formula is C16H22N2. The van der Waals surface area contributed by atoms with Gasteiger partial charge < -0.3 is 5.32 Å². The van der Waals surface area contributed by atoms with Gasteiger partial charge >= 0.3 is 0 Å². The Morgan fingerprint density at radius 2 is 1.94 bits per heavy atom. The maximum atomic E-state index is 4.33. The van der Waals surface area contributed by atoms with E-state index in [1.54, 1.807) is 0 Å². The summed E-state index contributed by atoms with van der Waals surface area (Å²) in [6, 6.07) is 11.0. The first-order valence-electron chi connectivity index (χ1n) is 6.76. The van der Waals surface area contributed by atoms with Crippen LogP contribution in [0.2, 0.25) is 0 Å². The molecule has 0 saturated carbocycles. The van der Waals surface area contributed by atoms with E-state index >= 15 is 0 Å². The van der Waals surface area contributed by atoms with Gasteiger partial charge in [-0.05, 0) is 49.9 Å². The predicted octanol–water partition coefficient (Wildman–Crippen LogP) is 4.47.